The number of rotatable bonds is 7. The first-order valence-corrected chi connectivity index (χ1v) is 7.94. The van der Waals surface area contributed by atoms with Crippen LogP contribution in [0.1, 0.15) is 18.5 Å². The van der Waals surface area contributed by atoms with Gasteiger partial charge in [-0.1, -0.05) is 48.0 Å². The van der Waals surface area contributed by atoms with Crippen molar-refractivity contribution in [2.24, 2.45) is 0 Å². The Labute approximate surface area is 141 Å². The predicted octanol–water partition coefficient (Wildman–Crippen LogP) is 3.02. The number of amides is 1. The summed E-state index contributed by atoms with van der Waals surface area (Å²) >= 11 is 6.16. The van der Waals surface area contributed by atoms with Crippen molar-refractivity contribution >= 4 is 23.2 Å². The summed E-state index contributed by atoms with van der Waals surface area (Å²) in [5, 5.41) is 12.8. The number of halogens is 1. The molecule has 5 heteroatoms. The van der Waals surface area contributed by atoms with Crippen LogP contribution in [-0.4, -0.2) is 30.7 Å². The van der Waals surface area contributed by atoms with Gasteiger partial charge in [0.15, 0.2) is 0 Å². The van der Waals surface area contributed by atoms with Gasteiger partial charge >= 0.3 is 0 Å². The smallest absolute Gasteiger partial charge is 0.239 e. The second-order valence-electron chi connectivity index (χ2n) is 5.29. The van der Waals surface area contributed by atoms with Crippen molar-refractivity contribution in [3.05, 3.63) is 65.2 Å². The van der Waals surface area contributed by atoms with Crippen molar-refractivity contribution in [1.82, 2.24) is 5.32 Å². The lowest BCUT2D eigenvalue weighted by Gasteiger charge is -2.24. The largest absolute Gasteiger partial charge is 0.395 e. The molecule has 4 nitrogen and oxygen atoms in total. The first-order chi connectivity index (χ1) is 11.1. The molecule has 0 heterocycles. The number of aliphatic hydroxyl groups is 1. The van der Waals surface area contributed by atoms with Crippen molar-refractivity contribution in [2.45, 2.75) is 13.0 Å². The molecule has 1 atom stereocenters. The highest BCUT2D eigenvalue weighted by molar-refractivity contribution is 6.31. The topological polar surface area (TPSA) is 52.6 Å². The van der Waals surface area contributed by atoms with Crippen LogP contribution in [0.15, 0.2) is 54.6 Å². The Kier molecular flexibility index (Phi) is 6.44. The normalized spacial score (nSPS) is 11.8. The first kappa shape index (κ1) is 17.3. The van der Waals surface area contributed by atoms with E-state index in [0.29, 0.717) is 11.6 Å². The fourth-order valence-electron chi connectivity index (χ4n) is 2.42. The lowest BCUT2D eigenvalue weighted by atomic mass is 10.1. The number of benzene rings is 2. The molecule has 23 heavy (non-hydrogen) atoms. The Balaban J connectivity index is 2.01. The van der Waals surface area contributed by atoms with Gasteiger partial charge in [-0.25, -0.2) is 0 Å². The Bertz CT molecular complexity index is 634. The third kappa shape index (κ3) is 4.98. The second kappa shape index (κ2) is 8.56. The highest BCUT2D eigenvalue weighted by Crippen LogP contribution is 2.22. The summed E-state index contributed by atoms with van der Waals surface area (Å²) in [5.41, 5.74) is 1.79. The quantitative estimate of drug-likeness (QED) is 0.819. The average molecular weight is 333 g/mol. The van der Waals surface area contributed by atoms with Gasteiger partial charge < -0.3 is 15.3 Å². The molecule has 0 bridgehead atoms. The Hall–Kier alpha value is -2.04. The Morgan fingerprint density at radius 3 is 2.48 bits per heavy atom. The summed E-state index contributed by atoms with van der Waals surface area (Å²) in [6.45, 7) is 2.47. The van der Waals surface area contributed by atoms with Crippen LogP contribution in [0.2, 0.25) is 5.02 Å². The molecule has 122 valence electrons. The molecule has 0 spiro atoms. The molecule has 0 aliphatic carbocycles. The summed E-state index contributed by atoms with van der Waals surface area (Å²) in [4.78, 5) is 14.2. The monoisotopic (exact) mass is 332 g/mol. The van der Waals surface area contributed by atoms with Crippen LogP contribution in [0.3, 0.4) is 0 Å². The number of carbonyl (C=O) groups excluding carboxylic acids is 1. The summed E-state index contributed by atoms with van der Waals surface area (Å²) in [5.74, 6) is -0.116. The summed E-state index contributed by atoms with van der Waals surface area (Å²) in [7, 11) is 0. The molecule has 0 aromatic heterocycles. The third-order valence-electron chi connectivity index (χ3n) is 3.57. The van der Waals surface area contributed by atoms with E-state index in [0.717, 1.165) is 11.3 Å². The zero-order valence-electron chi connectivity index (χ0n) is 13.1. The Morgan fingerprint density at radius 1 is 1.17 bits per heavy atom. The molecule has 0 aliphatic heterocycles. The maximum atomic E-state index is 12.3. The van der Waals surface area contributed by atoms with Crippen LogP contribution in [0.25, 0.3) is 0 Å². The maximum Gasteiger partial charge on any atom is 0.239 e. The molecule has 2 aromatic carbocycles. The van der Waals surface area contributed by atoms with E-state index < -0.39 is 0 Å². The summed E-state index contributed by atoms with van der Waals surface area (Å²) < 4.78 is 0. The molecule has 0 saturated carbocycles. The van der Waals surface area contributed by atoms with Crippen LogP contribution in [0.4, 0.5) is 5.69 Å². The molecular weight excluding hydrogens is 312 g/mol. The van der Waals surface area contributed by atoms with Crippen molar-refractivity contribution < 1.29 is 9.90 Å². The minimum Gasteiger partial charge on any atom is -0.395 e. The number of nitrogens with one attached hydrogen (secondary N) is 1. The van der Waals surface area contributed by atoms with E-state index in [1.54, 1.807) is 0 Å². The summed E-state index contributed by atoms with van der Waals surface area (Å²) in [6.07, 6.45) is 0. The van der Waals surface area contributed by atoms with Gasteiger partial charge in [-0.15, -0.1) is 0 Å². The predicted molar refractivity (Wildman–Crippen MR) is 93.8 cm³/mol. The van der Waals surface area contributed by atoms with Crippen molar-refractivity contribution in [3.63, 3.8) is 0 Å². The number of para-hydroxylation sites is 1. The van der Waals surface area contributed by atoms with E-state index in [4.69, 9.17) is 11.6 Å². The molecule has 2 rings (SSSR count). The van der Waals surface area contributed by atoms with Crippen LogP contribution < -0.4 is 10.2 Å². The number of carbonyl (C=O) groups is 1. The molecule has 0 aliphatic rings. The third-order valence-corrected chi connectivity index (χ3v) is 3.92. The van der Waals surface area contributed by atoms with Crippen LogP contribution >= 0.6 is 11.6 Å². The molecule has 0 saturated heterocycles. The van der Waals surface area contributed by atoms with Gasteiger partial charge in [0.2, 0.25) is 5.91 Å². The van der Waals surface area contributed by atoms with Crippen molar-refractivity contribution in [1.29, 1.82) is 0 Å². The minimum absolute atomic E-state index is 0.0117. The summed E-state index contributed by atoms with van der Waals surface area (Å²) in [6, 6.07) is 16.8. The van der Waals surface area contributed by atoms with E-state index in [1.165, 1.54) is 0 Å². The van der Waals surface area contributed by atoms with Gasteiger partial charge in [0.05, 0.1) is 19.2 Å². The molecule has 1 unspecified atom stereocenters. The lowest BCUT2D eigenvalue weighted by Crippen LogP contribution is -2.39. The maximum absolute atomic E-state index is 12.3. The van der Waals surface area contributed by atoms with Crippen LogP contribution in [-0.2, 0) is 4.79 Å². The number of hydrogen-bond donors (Lipinski definition) is 2. The van der Waals surface area contributed by atoms with E-state index in [2.05, 4.69) is 5.32 Å². The van der Waals surface area contributed by atoms with Gasteiger partial charge in [0.25, 0.3) is 0 Å². The SMILES string of the molecule is CC(NC(=O)CN(CCO)c1ccccc1)c1ccccc1Cl. The molecule has 0 fully saturated rings. The number of hydrogen-bond acceptors (Lipinski definition) is 3. The number of nitrogens with zero attached hydrogens (tertiary/aromatic N) is 1. The standard InChI is InChI=1S/C18H21ClN2O2/c1-14(16-9-5-6-10-17(16)19)20-18(23)13-21(11-12-22)15-7-3-2-4-8-15/h2-10,14,22H,11-13H2,1H3,(H,20,23). The van der Waals surface area contributed by atoms with Crippen molar-refractivity contribution in [2.75, 3.05) is 24.6 Å². The van der Waals surface area contributed by atoms with E-state index >= 15 is 0 Å². The Morgan fingerprint density at radius 2 is 1.83 bits per heavy atom. The molecular formula is C18H21ClN2O2. The zero-order chi connectivity index (χ0) is 16.7. The van der Waals surface area contributed by atoms with E-state index in [9.17, 15) is 9.90 Å². The van der Waals surface area contributed by atoms with Crippen LogP contribution in [0.5, 0.6) is 0 Å². The van der Waals surface area contributed by atoms with E-state index in [-0.39, 0.29) is 25.1 Å². The minimum atomic E-state index is -0.178. The molecule has 0 radical (unpaired) electrons. The van der Waals surface area contributed by atoms with Crippen molar-refractivity contribution in [3.8, 4) is 0 Å². The van der Waals surface area contributed by atoms with Gasteiger partial charge in [-0.2, -0.15) is 0 Å². The van der Waals surface area contributed by atoms with Gasteiger partial charge in [-0.05, 0) is 30.7 Å². The highest BCUT2D eigenvalue weighted by atomic mass is 35.5. The fourth-order valence-corrected chi connectivity index (χ4v) is 2.72. The lowest BCUT2D eigenvalue weighted by molar-refractivity contribution is -0.120. The highest BCUT2D eigenvalue weighted by Gasteiger charge is 2.15. The van der Waals surface area contributed by atoms with E-state index in [1.807, 2.05) is 66.4 Å². The first-order valence-electron chi connectivity index (χ1n) is 7.56. The van der Waals surface area contributed by atoms with Gasteiger partial charge in [0, 0.05) is 17.3 Å². The number of anilines is 1. The molecule has 2 aromatic rings. The zero-order valence-corrected chi connectivity index (χ0v) is 13.8. The second-order valence-corrected chi connectivity index (χ2v) is 5.70. The average Bonchev–Trinajstić information content (AvgIpc) is 2.55. The number of aliphatic hydroxyl groups excluding tert-OH is 1. The van der Waals surface area contributed by atoms with Crippen LogP contribution in [0, 0.1) is 0 Å². The fraction of sp³-hybridized carbons (Fsp3) is 0.278. The van der Waals surface area contributed by atoms with Gasteiger partial charge in [-0.3, -0.25) is 4.79 Å². The molecule has 2 N–H and O–H groups in total. The van der Waals surface area contributed by atoms with Gasteiger partial charge in [0.1, 0.15) is 0 Å². The molecule has 1 amide bonds.